The molecule has 1 aliphatic carbocycles. The SMILES string of the molecule is CCC(=O)CC(/C(C(=O)OC1CCCC1)=[N+](/[O-])O)c1ccccc1C(F)(F)F. The van der Waals surface area contributed by atoms with Gasteiger partial charge in [-0.2, -0.15) is 13.2 Å². The minimum atomic E-state index is -4.77. The maximum Gasteiger partial charge on any atom is 0.416 e. The van der Waals surface area contributed by atoms with E-state index in [1.165, 1.54) is 13.0 Å². The van der Waals surface area contributed by atoms with Crippen LogP contribution in [-0.4, -0.2) is 33.7 Å². The highest BCUT2D eigenvalue weighted by Crippen LogP contribution is 2.37. The molecule has 0 bridgehead atoms. The van der Waals surface area contributed by atoms with Crippen LogP contribution in [0.1, 0.15) is 62.5 Å². The first kappa shape index (κ1) is 21.7. The molecular weight excluding hydrogens is 379 g/mol. The monoisotopic (exact) mass is 401 g/mol. The fourth-order valence-corrected chi connectivity index (χ4v) is 3.36. The lowest BCUT2D eigenvalue weighted by molar-refractivity contribution is -0.726. The van der Waals surface area contributed by atoms with Gasteiger partial charge in [0.15, 0.2) is 0 Å². The lowest BCUT2D eigenvalue weighted by Gasteiger charge is -2.20. The first-order chi connectivity index (χ1) is 13.1. The van der Waals surface area contributed by atoms with Gasteiger partial charge in [-0.05, 0) is 37.3 Å². The number of carbonyl (C=O) groups is 2. The Bertz CT molecular complexity index is 750. The Kier molecular flexibility index (Phi) is 7.04. The quantitative estimate of drug-likeness (QED) is 0.245. The lowest BCUT2D eigenvalue weighted by atomic mass is 9.85. The summed E-state index contributed by atoms with van der Waals surface area (Å²) in [7, 11) is 0. The van der Waals surface area contributed by atoms with E-state index in [1.54, 1.807) is 0 Å². The summed E-state index contributed by atoms with van der Waals surface area (Å²) in [5, 5.41) is 21.3. The molecule has 1 unspecified atom stereocenters. The average molecular weight is 401 g/mol. The maximum absolute atomic E-state index is 13.5. The van der Waals surface area contributed by atoms with E-state index in [2.05, 4.69) is 0 Å². The van der Waals surface area contributed by atoms with Crippen LogP contribution in [0.5, 0.6) is 0 Å². The van der Waals surface area contributed by atoms with Gasteiger partial charge < -0.3 is 9.94 Å². The third-order valence-electron chi connectivity index (χ3n) is 4.79. The highest BCUT2D eigenvalue weighted by Gasteiger charge is 2.43. The lowest BCUT2D eigenvalue weighted by Crippen LogP contribution is -2.35. The predicted molar refractivity (Wildman–Crippen MR) is 92.9 cm³/mol. The van der Waals surface area contributed by atoms with E-state index in [0.717, 1.165) is 31.0 Å². The Morgan fingerprint density at radius 1 is 1.29 bits per heavy atom. The summed E-state index contributed by atoms with van der Waals surface area (Å²) in [4.78, 5) is 23.8. The standard InChI is InChI=1S/C19H22F3NO5/c1-2-12(24)11-15(14-9-5-6-10-16(14)19(20,21)22)17(23(26)27)18(25)28-13-7-3-4-8-13/h5-6,9-10,13,15H,2-4,7-8,11H2,1H3,(H,26,27). The Hall–Kier alpha value is -2.58. The van der Waals surface area contributed by atoms with E-state index < -0.39 is 58.1 Å². The van der Waals surface area contributed by atoms with Crippen molar-refractivity contribution in [2.45, 2.75) is 63.6 Å². The fraction of sp³-hybridized carbons (Fsp3) is 0.526. The number of ether oxygens (including phenoxy) is 1. The molecule has 0 radical (unpaired) electrons. The molecule has 154 valence electrons. The number of hydrogen-bond acceptors (Lipinski definition) is 5. The number of esters is 1. The van der Waals surface area contributed by atoms with Gasteiger partial charge in [-0.1, -0.05) is 25.1 Å². The minimum Gasteiger partial charge on any atom is -0.455 e. The average Bonchev–Trinajstić information content (AvgIpc) is 3.12. The summed E-state index contributed by atoms with van der Waals surface area (Å²) < 4.78 is 45.6. The Morgan fingerprint density at radius 2 is 1.89 bits per heavy atom. The number of ketones is 1. The molecule has 28 heavy (non-hydrogen) atoms. The molecule has 0 aliphatic heterocycles. The van der Waals surface area contributed by atoms with Crippen LogP contribution in [-0.2, 0) is 20.5 Å². The van der Waals surface area contributed by atoms with Gasteiger partial charge in [-0.25, -0.2) is 4.79 Å². The number of nitrogens with zero attached hydrogens (tertiary/aromatic N) is 1. The number of halogens is 3. The van der Waals surface area contributed by atoms with Gasteiger partial charge in [0.05, 0.1) is 11.5 Å². The van der Waals surface area contributed by atoms with E-state index >= 15 is 0 Å². The molecule has 1 aliphatic rings. The van der Waals surface area contributed by atoms with Gasteiger partial charge in [0, 0.05) is 17.7 Å². The van der Waals surface area contributed by atoms with Gasteiger partial charge in [-0.15, -0.1) is 0 Å². The first-order valence-electron chi connectivity index (χ1n) is 9.06. The van der Waals surface area contributed by atoms with Crippen molar-refractivity contribution in [2.75, 3.05) is 0 Å². The predicted octanol–water partition coefficient (Wildman–Crippen LogP) is 3.98. The van der Waals surface area contributed by atoms with Gasteiger partial charge in [0.2, 0.25) is 0 Å². The highest BCUT2D eigenvalue weighted by atomic mass is 19.4. The van der Waals surface area contributed by atoms with Crippen molar-refractivity contribution in [1.82, 2.24) is 0 Å². The molecule has 2 rings (SSSR count). The smallest absolute Gasteiger partial charge is 0.416 e. The van der Waals surface area contributed by atoms with Crippen LogP contribution in [0.4, 0.5) is 13.2 Å². The molecule has 1 aromatic rings. The second kappa shape index (κ2) is 9.07. The highest BCUT2D eigenvalue weighted by molar-refractivity contribution is 6.36. The van der Waals surface area contributed by atoms with Crippen LogP contribution in [0, 0.1) is 5.21 Å². The van der Waals surface area contributed by atoms with Crippen LogP contribution < -0.4 is 0 Å². The van der Waals surface area contributed by atoms with Crippen molar-refractivity contribution in [2.24, 2.45) is 0 Å². The molecule has 1 aromatic carbocycles. The molecule has 0 saturated heterocycles. The van der Waals surface area contributed by atoms with Gasteiger partial charge in [0.1, 0.15) is 11.9 Å². The number of Topliss-reactive ketones (excluding diaryl/α,β-unsaturated/α-hetero) is 1. The van der Waals surface area contributed by atoms with Crippen LogP contribution in [0.15, 0.2) is 24.3 Å². The Balaban J connectivity index is 2.50. The third-order valence-corrected chi connectivity index (χ3v) is 4.79. The normalized spacial score (nSPS) is 17.1. The topological polar surface area (TPSA) is 89.7 Å². The van der Waals surface area contributed by atoms with Crippen molar-refractivity contribution >= 4 is 17.5 Å². The summed E-state index contributed by atoms with van der Waals surface area (Å²) in [6.45, 7) is 1.51. The molecule has 6 nitrogen and oxygen atoms in total. The molecule has 0 heterocycles. The van der Waals surface area contributed by atoms with E-state index in [-0.39, 0.29) is 6.42 Å². The van der Waals surface area contributed by atoms with Crippen LogP contribution in [0.3, 0.4) is 0 Å². The third kappa shape index (κ3) is 5.24. The second-order valence-corrected chi connectivity index (χ2v) is 6.70. The van der Waals surface area contributed by atoms with Crippen molar-refractivity contribution < 1.29 is 37.6 Å². The zero-order valence-electron chi connectivity index (χ0n) is 15.4. The Labute approximate surface area is 160 Å². The van der Waals surface area contributed by atoms with Gasteiger partial charge in [0.25, 0.3) is 0 Å². The van der Waals surface area contributed by atoms with E-state index in [0.29, 0.717) is 12.8 Å². The number of rotatable bonds is 7. The van der Waals surface area contributed by atoms with E-state index in [1.807, 2.05) is 0 Å². The van der Waals surface area contributed by atoms with Crippen LogP contribution >= 0.6 is 0 Å². The summed E-state index contributed by atoms with van der Waals surface area (Å²) in [6, 6.07) is 4.35. The minimum absolute atomic E-state index is 0.0000763. The van der Waals surface area contributed by atoms with Crippen LogP contribution in [0.25, 0.3) is 0 Å². The Morgan fingerprint density at radius 3 is 2.43 bits per heavy atom. The maximum atomic E-state index is 13.5. The molecule has 0 spiro atoms. The second-order valence-electron chi connectivity index (χ2n) is 6.70. The molecule has 0 amide bonds. The first-order valence-corrected chi connectivity index (χ1v) is 9.06. The van der Waals surface area contributed by atoms with Crippen molar-refractivity contribution in [3.63, 3.8) is 0 Å². The largest absolute Gasteiger partial charge is 0.455 e. The summed E-state index contributed by atoms with van der Waals surface area (Å²) in [5.41, 5.74) is -2.45. The molecule has 0 aromatic heterocycles. The van der Waals surface area contributed by atoms with E-state index in [9.17, 15) is 33.2 Å². The zero-order valence-corrected chi connectivity index (χ0v) is 15.4. The van der Waals surface area contributed by atoms with E-state index in [4.69, 9.17) is 4.74 Å². The molecule has 1 fully saturated rings. The zero-order chi connectivity index (χ0) is 20.9. The summed E-state index contributed by atoms with van der Waals surface area (Å²) >= 11 is 0. The molecule has 1 N–H and O–H groups in total. The fourth-order valence-electron chi connectivity index (χ4n) is 3.36. The molecule has 1 atom stereocenters. The van der Waals surface area contributed by atoms with Crippen molar-refractivity contribution in [3.8, 4) is 0 Å². The van der Waals surface area contributed by atoms with Crippen molar-refractivity contribution in [1.29, 1.82) is 0 Å². The number of hydrogen-bond donors (Lipinski definition) is 1. The molecular formula is C19H22F3NO5. The molecule has 9 heteroatoms. The van der Waals surface area contributed by atoms with Gasteiger partial charge >= 0.3 is 17.9 Å². The number of carbonyl (C=O) groups excluding carboxylic acids is 2. The molecule has 1 saturated carbocycles. The number of benzene rings is 1. The van der Waals surface area contributed by atoms with Crippen molar-refractivity contribution in [3.05, 3.63) is 40.6 Å². The van der Waals surface area contributed by atoms with Gasteiger partial charge in [-0.3, -0.25) is 10.0 Å². The summed E-state index contributed by atoms with van der Waals surface area (Å²) in [6.07, 6.45) is -3.00. The number of alkyl halides is 3. The summed E-state index contributed by atoms with van der Waals surface area (Å²) in [5.74, 6) is -3.26. The van der Waals surface area contributed by atoms with Crippen LogP contribution in [0.2, 0.25) is 0 Å².